The lowest BCUT2D eigenvalue weighted by Crippen LogP contribution is -2.08. The molecule has 1 atom stereocenters. The molecule has 1 unspecified atom stereocenters. The third kappa shape index (κ3) is 2.11. The molecule has 0 amide bonds. The van der Waals surface area contributed by atoms with Gasteiger partial charge in [-0.25, -0.2) is 4.39 Å². The summed E-state index contributed by atoms with van der Waals surface area (Å²) in [5.41, 5.74) is 0.523. The maximum absolute atomic E-state index is 13.8. The lowest BCUT2D eigenvalue weighted by Gasteiger charge is -2.06. The van der Waals surface area contributed by atoms with E-state index in [0.29, 0.717) is 0 Å². The van der Waals surface area contributed by atoms with E-state index >= 15 is 0 Å². The Morgan fingerprint density at radius 1 is 1.12 bits per heavy atom. The van der Waals surface area contributed by atoms with Crippen LogP contribution in [-0.4, -0.2) is 15.8 Å². The Labute approximate surface area is 92.0 Å². The smallest absolute Gasteiger partial charge is 0.203 e. The highest BCUT2D eigenvalue weighted by Gasteiger charge is 2.21. The number of hydrogen-bond acceptors (Lipinski definition) is 3. The molecule has 0 aromatic carbocycles. The molecule has 0 aliphatic heterocycles. The molecule has 3 nitrogen and oxygen atoms in total. The molecule has 0 N–H and O–H groups in total. The number of ketones is 1. The molecule has 2 aromatic rings. The van der Waals surface area contributed by atoms with E-state index in [1.165, 1.54) is 36.9 Å². The van der Waals surface area contributed by atoms with E-state index < -0.39 is 12.0 Å². The first-order valence-electron chi connectivity index (χ1n) is 4.77. The molecule has 0 spiro atoms. The lowest BCUT2D eigenvalue weighted by molar-refractivity contribution is 0.0877. The summed E-state index contributed by atoms with van der Waals surface area (Å²) in [6.45, 7) is 0. The van der Waals surface area contributed by atoms with Gasteiger partial charge in [0.2, 0.25) is 5.78 Å². The largest absolute Gasteiger partial charge is 0.290 e. The highest BCUT2D eigenvalue weighted by atomic mass is 19.1. The zero-order valence-corrected chi connectivity index (χ0v) is 8.38. The van der Waals surface area contributed by atoms with Gasteiger partial charge in [0.1, 0.15) is 0 Å². The standard InChI is InChI=1S/C12H9FN2O/c13-11(9-3-1-5-14-7-9)12(16)10-4-2-6-15-8-10/h1-8,11H. The molecule has 80 valence electrons. The first-order valence-corrected chi connectivity index (χ1v) is 4.77. The number of aromatic nitrogens is 2. The van der Waals surface area contributed by atoms with Crippen LogP contribution in [0.25, 0.3) is 0 Å². The first kappa shape index (κ1) is 10.4. The Kier molecular flexibility index (Phi) is 3.00. The predicted molar refractivity (Wildman–Crippen MR) is 56.7 cm³/mol. The van der Waals surface area contributed by atoms with Gasteiger partial charge in [0, 0.05) is 35.9 Å². The molecule has 0 aliphatic rings. The maximum atomic E-state index is 13.8. The van der Waals surface area contributed by atoms with Crippen LogP contribution in [0, 0.1) is 0 Å². The van der Waals surface area contributed by atoms with E-state index in [1.807, 2.05) is 0 Å². The van der Waals surface area contributed by atoms with Crippen LogP contribution in [0.2, 0.25) is 0 Å². The van der Waals surface area contributed by atoms with Crippen molar-refractivity contribution < 1.29 is 9.18 Å². The van der Waals surface area contributed by atoms with Crippen molar-refractivity contribution in [2.75, 3.05) is 0 Å². The normalized spacial score (nSPS) is 12.1. The number of hydrogen-bond donors (Lipinski definition) is 0. The van der Waals surface area contributed by atoms with Crippen molar-refractivity contribution in [2.45, 2.75) is 6.17 Å². The van der Waals surface area contributed by atoms with Gasteiger partial charge in [-0.1, -0.05) is 6.07 Å². The van der Waals surface area contributed by atoms with Gasteiger partial charge < -0.3 is 0 Å². The van der Waals surface area contributed by atoms with E-state index in [2.05, 4.69) is 9.97 Å². The van der Waals surface area contributed by atoms with Crippen molar-refractivity contribution in [3.8, 4) is 0 Å². The molecule has 2 rings (SSSR count). The van der Waals surface area contributed by atoms with E-state index in [1.54, 1.807) is 12.1 Å². The number of nitrogens with zero attached hydrogens (tertiary/aromatic N) is 2. The topological polar surface area (TPSA) is 42.9 Å². The number of pyridine rings is 2. The van der Waals surface area contributed by atoms with Crippen molar-refractivity contribution in [3.63, 3.8) is 0 Å². The second-order valence-electron chi connectivity index (χ2n) is 3.25. The van der Waals surface area contributed by atoms with E-state index in [-0.39, 0.29) is 11.1 Å². The van der Waals surface area contributed by atoms with Crippen molar-refractivity contribution in [2.24, 2.45) is 0 Å². The quantitative estimate of drug-likeness (QED) is 0.740. The summed E-state index contributed by atoms with van der Waals surface area (Å²) in [6, 6.07) is 6.27. The molecule has 4 heteroatoms. The predicted octanol–water partition coefficient (Wildman–Crippen LogP) is 2.37. The zero-order chi connectivity index (χ0) is 11.4. The van der Waals surface area contributed by atoms with Gasteiger partial charge in [-0.3, -0.25) is 14.8 Å². The van der Waals surface area contributed by atoms with Crippen molar-refractivity contribution in [1.82, 2.24) is 9.97 Å². The molecule has 2 aromatic heterocycles. The van der Waals surface area contributed by atoms with Gasteiger partial charge in [0.25, 0.3) is 0 Å². The van der Waals surface area contributed by atoms with Crippen molar-refractivity contribution in [1.29, 1.82) is 0 Å². The summed E-state index contributed by atoms with van der Waals surface area (Å²) in [4.78, 5) is 19.3. The Bertz CT molecular complexity index is 473. The fourth-order valence-corrected chi connectivity index (χ4v) is 1.33. The summed E-state index contributed by atoms with van der Waals surface area (Å²) < 4.78 is 13.8. The SMILES string of the molecule is O=C(c1cccnc1)C(F)c1cccnc1. The van der Waals surface area contributed by atoms with Gasteiger partial charge >= 0.3 is 0 Å². The summed E-state index contributed by atoms with van der Waals surface area (Å²) >= 11 is 0. The fraction of sp³-hybridized carbons (Fsp3) is 0.0833. The molecule has 0 bridgehead atoms. The number of rotatable bonds is 3. The van der Waals surface area contributed by atoms with Crippen molar-refractivity contribution >= 4 is 5.78 Å². The summed E-state index contributed by atoms with van der Waals surface area (Å²) in [5.74, 6) is -0.596. The van der Waals surface area contributed by atoms with Crippen LogP contribution >= 0.6 is 0 Å². The van der Waals surface area contributed by atoms with E-state index in [4.69, 9.17) is 0 Å². The molecular formula is C12H9FN2O. The molecular weight excluding hydrogens is 207 g/mol. The molecule has 0 saturated carbocycles. The zero-order valence-electron chi connectivity index (χ0n) is 8.38. The molecule has 2 heterocycles. The van der Waals surface area contributed by atoms with Gasteiger partial charge in [-0.15, -0.1) is 0 Å². The van der Waals surface area contributed by atoms with Gasteiger partial charge in [-0.05, 0) is 18.2 Å². The van der Waals surface area contributed by atoms with Crippen LogP contribution < -0.4 is 0 Å². The number of halogens is 1. The first-order chi connectivity index (χ1) is 7.79. The summed E-state index contributed by atoms with van der Waals surface area (Å²) in [5, 5.41) is 0. The van der Waals surface area contributed by atoms with Crippen LogP contribution in [0.15, 0.2) is 49.1 Å². The number of Topliss-reactive ketones (excluding diaryl/α,β-unsaturated/α-hetero) is 1. The minimum Gasteiger partial charge on any atom is -0.290 e. The molecule has 0 aliphatic carbocycles. The minimum atomic E-state index is -1.68. The van der Waals surface area contributed by atoms with Gasteiger partial charge in [-0.2, -0.15) is 0 Å². The third-order valence-electron chi connectivity index (χ3n) is 2.15. The van der Waals surface area contributed by atoms with Gasteiger partial charge in [0.05, 0.1) is 0 Å². The number of carbonyl (C=O) groups excluding carboxylic acids is 1. The van der Waals surface area contributed by atoms with Crippen LogP contribution in [0.1, 0.15) is 22.1 Å². The molecule has 0 radical (unpaired) electrons. The highest BCUT2D eigenvalue weighted by molar-refractivity contribution is 5.99. The third-order valence-corrected chi connectivity index (χ3v) is 2.15. The highest BCUT2D eigenvalue weighted by Crippen LogP contribution is 2.20. The van der Waals surface area contributed by atoms with E-state index in [0.717, 1.165) is 0 Å². The van der Waals surface area contributed by atoms with Crippen LogP contribution in [0.4, 0.5) is 4.39 Å². The second-order valence-corrected chi connectivity index (χ2v) is 3.25. The van der Waals surface area contributed by atoms with Crippen molar-refractivity contribution in [3.05, 3.63) is 60.2 Å². The minimum absolute atomic E-state index is 0.261. The Balaban J connectivity index is 2.24. The van der Waals surface area contributed by atoms with E-state index in [9.17, 15) is 9.18 Å². The molecule has 0 saturated heterocycles. The summed E-state index contributed by atoms with van der Waals surface area (Å²) in [7, 11) is 0. The summed E-state index contributed by atoms with van der Waals surface area (Å²) in [6.07, 6.45) is 4.08. The maximum Gasteiger partial charge on any atom is 0.203 e. The Hall–Kier alpha value is -2.10. The Morgan fingerprint density at radius 2 is 1.81 bits per heavy atom. The average molecular weight is 216 g/mol. The number of alkyl halides is 1. The lowest BCUT2D eigenvalue weighted by atomic mass is 10.0. The molecule has 16 heavy (non-hydrogen) atoms. The second kappa shape index (κ2) is 4.61. The Morgan fingerprint density at radius 3 is 2.38 bits per heavy atom. The van der Waals surface area contributed by atoms with Crippen LogP contribution in [0.3, 0.4) is 0 Å². The fourth-order valence-electron chi connectivity index (χ4n) is 1.33. The van der Waals surface area contributed by atoms with Gasteiger partial charge in [0.15, 0.2) is 6.17 Å². The average Bonchev–Trinajstić information content (AvgIpc) is 2.39. The monoisotopic (exact) mass is 216 g/mol. The molecule has 0 fully saturated rings. The van der Waals surface area contributed by atoms with Crippen LogP contribution in [0.5, 0.6) is 0 Å². The number of carbonyl (C=O) groups is 1. The van der Waals surface area contributed by atoms with Crippen LogP contribution in [-0.2, 0) is 0 Å².